The summed E-state index contributed by atoms with van der Waals surface area (Å²) in [6.07, 6.45) is 0. The van der Waals surface area contributed by atoms with E-state index in [2.05, 4.69) is 32.0 Å². The van der Waals surface area contributed by atoms with Crippen LogP contribution in [-0.4, -0.2) is 0 Å². The van der Waals surface area contributed by atoms with Gasteiger partial charge in [-0.25, -0.2) is 0 Å². The Morgan fingerprint density at radius 1 is 1.00 bits per heavy atom. The van der Waals surface area contributed by atoms with Crippen LogP contribution in [0.15, 0.2) is 36.4 Å². The van der Waals surface area contributed by atoms with Crippen molar-refractivity contribution < 1.29 is 4.74 Å². The van der Waals surface area contributed by atoms with E-state index in [0.717, 1.165) is 16.9 Å². The molecule has 0 spiro atoms. The van der Waals surface area contributed by atoms with Crippen LogP contribution in [0.4, 0.5) is 0 Å². The zero-order chi connectivity index (χ0) is 13.8. The minimum Gasteiger partial charge on any atom is -0.489 e. The third-order valence-electron chi connectivity index (χ3n) is 2.84. The van der Waals surface area contributed by atoms with Gasteiger partial charge in [0.2, 0.25) is 0 Å². The molecule has 2 aromatic carbocycles. The Bertz CT molecular complexity index is 559. The molecule has 100 valence electrons. The van der Waals surface area contributed by atoms with Crippen molar-refractivity contribution in [2.45, 2.75) is 26.3 Å². The van der Waals surface area contributed by atoms with Crippen molar-refractivity contribution in [3.63, 3.8) is 0 Å². The predicted octanol–water partition coefficient (Wildman–Crippen LogP) is 5.27. The Morgan fingerprint density at radius 3 is 2.32 bits per heavy atom. The zero-order valence-electron chi connectivity index (χ0n) is 11.0. The molecule has 0 bridgehead atoms. The van der Waals surface area contributed by atoms with Crippen molar-refractivity contribution in [1.82, 2.24) is 0 Å². The standard InChI is InChI=1S/C16H16Cl2O/c1-11-5-12(2)7-13(6-11)10-19-16-4-3-15(18)8-14(16)9-17/h3-8H,9-10H2,1-2H3. The van der Waals surface area contributed by atoms with Crippen LogP contribution >= 0.6 is 23.2 Å². The Balaban J connectivity index is 2.14. The van der Waals surface area contributed by atoms with E-state index in [1.807, 2.05) is 18.2 Å². The van der Waals surface area contributed by atoms with Crippen LogP contribution < -0.4 is 4.74 Å². The van der Waals surface area contributed by atoms with Crippen LogP contribution in [0.1, 0.15) is 22.3 Å². The second-order valence-electron chi connectivity index (χ2n) is 4.67. The minimum absolute atomic E-state index is 0.392. The minimum atomic E-state index is 0.392. The maximum atomic E-state index is 5.94. The van der Waals surface area contributed by atoms with Crippen LogP contribution in [0.2, 0.25) is 5.02 Å². The molecule has 19 heavy (non-hydrogen) atoms. The molecule has 0 atom stereocenters. The summed E-state index contributed by atoms with van der Waals surface area (Å²) in [4.78, 5) is 0. The molecule has 0 unspecified atom stereocenters. The topological polar surface area (TPSA) is 9.23 Å². The maximum Gasteiger partial charge on any atom is 0.124 e. The van der Waals surface area contributed by atoms with Gasteiger partial charge < -0.3 is 4.74 Å². The summed E-state index contributed by atoms with van der Waals surface area (Å²) in [6, 6.07) is 11.9. The average Bonchev–Trinajstić information content (AvgIpc) is 2.36. The van der Waals surface area contributed by atoms with E-state index in [-0.39, 0.29) is 0 Å². The lowest BCUT2D eigenvalue weighted by Gasteiger charge is -2.11. The first kappa shape index (κ1) is 14.2. The van der Waals surface area contributed by atoms with Gasteiger partial charge >= 0.3 is 0 Å². The Morgan fingerprint density at radius 2 is 1.68 bits per heavy atom. The molecule has 2 aromatic rings. The molecule has 3 heteroatoms. The molecule has 0 aliphatic rings. The highest BCUT2D eigenvalue weighted by Crippen LogP contribution is 2.25. The van der Waals surface area contributed by atoms with Crippen LogP contribution in [0.25, 0.3) is 0 Å². The monoisotopic (exact) mass is 294 g/mol. The molecule has 0 aliphatic heterocycles. The summed E-state index contributed by atoms with van der Waals surface area (Å²) in [5.74, 6) is 1.18. The number of halogens is 2. The molecule has 0 aromatic heterocycles. The number of hydrogen-bond donors (Lipinski definition) is 0. The van der Waals surface area contributed by atoms with Crippen molar-refractivity contribution in [1.29, 1.82) is 0 Å². The largest absolute Gasteiger partial charge is 0.489 e. The molecule has 0 amide bonds. The van der Waals surface area contributed by atoms with Gasteiger partial charge in [0.1, 0.15) is 12.4 Å². The van der Waals surface area contributed by atoms with Crippen molar-refractivity contribution in [3.05, 3.63) is 63.7 Å². The first-order valence-corrected chi connectivity index (χ1v) is 7.04. The van der Waals surface area contributed by atoms with E-state index >= 15 is 0 Å². The van der Waals surface area contributed by atoms with Gasteiger partial charge in [-0.3, -0.25) is 0 Å². The highest BCUT2D eigenvalue weighted by Gasteiger charge is 2.05. The van der Waals surface area contributed by atoms with Crippen LogP contribution in [0.5, 0.6) is 5.75 Å². The average molecular weight is 295 g/mol. The van der Waals surface area contributed by atoms with Crippen LogP contribution in [-0.2, 0) is 12.5 Å². The van der Waals surface area contributed by atoms with Crippen molar-refractivity contribution >= 4 is 23.2 Å². The van der Waals surface area contributed by atoms with Gasteiger partial charge in [0, 0.05) is 10.6 Å². The SMILES string of the molecule is Cc1cc(C)cc(COc2ccc(Cl)cc2CCl)c1. The third kappa shape index (κ3) is 3.89. The van der Waals surface area contributed by atoms with Crippen LogP contribution in [0.3, 0.4) is 0 Å². The fourth-order valence-corrected chi connectivity index (χ4v) is 2.51. The number of hydrogen-bond acceptors (Lipinski definition) is 1. The summed E-state index contributed by atoms with van der Waals surface area (Å²) in [7, 11) is 0. The van der Waals surface area contributed by atoms with Crippen molar-refractivity contribution in [2.24, 2.45) is 0 Å². The van der Waals surface area contributed by atoms with Gasteiger partial charge in [0.05, 0.1) is 5.88 Å². The summed E-state index contributed by atoms with van der Waals surface area (Å²) in [5, 5.41) is 0.675. The molecular formula is C16H16Cl2O. The number of aryl methyl sites for hydroxylation is 2. The summed E-state index contributed by atoms with van der Waals surface area (Å²) >= 11 is 11.8. The van der Waals surface area contributed by atoms with Gasteiger partial charge in [-0.15, -0.1) is 11.6 Å². The molecular weight excluding hydrogens is 279 g/mol. The number of alkyl halides is 1. The quantitative estimate of drug-likeness (QED) is 0.698. The first-order chi connectivity index (χ1) is 9.08. The van der Waals surface area contributed by atoms with E-state index in [9.17, 15) is 0 Å². The first-order valence-electron chi connectivity index (χ1n) is 6.13. The normalized spacial score (nSPS) is 10.5. The zero-order valence-corrected chi connectivity index (χ0v) is 12.6. The molecule has 0 N–H and O–H groups in total. The molecule has 0 saturated heterocycles. The fourth-order valence-electron chi connectivity index (χ4n) is 2.11. The van der Waals surface area contributed by atoms with Gasteiger partial charge in [0.15, 0.2) is 0 Å². The summed E-state index contributed by atoms with van der Waals surface area (Å²) in [6.45, 7) is 4.71. The number of rotatable bonds is 4. The lowest BCUT2D eigenvalue weighted by molar-refractivity contribution is 0.303. The molecule has 0 radical (unpaired) electrons. The molecule has 2 rings (SSSR count). The smallest absolute Gasteiger partial charge is 0.124 e. The predicted molar refractivity (Wildman–Crippen MR) is 81.3 cm³/mol. The third-order valence-corrected chi connectivity index (χ3v) is 3.37. The van der Waals surface area contributed by atoms with Crippen molar-refractivity contribution in [2.75, 3.05) is 0 Å². The van der Waals surface area contributed by atoms with E-state index < -0.39 is 0 Å². The second-order valence-corrected chi connectivity index (χ2v) is 5.37. The van der Waals surface area contributed by atoms with Gasteiger partial charge in [-0.05, 0) is 37.6 Å². The molecule has 1 nitrogen and oxygen atoms in total. The van der Waals surface area contributed by atoms with Crippen molar-refractivity contribution in [3.8, 4) is 5.75 Å². The summed E-state index contributed by atoms with van der Waals surface area (Å²) in [5.41, 5.74) is 4.56. The lowest BCUT2D eigenvalue weighted by atomic mass is 10.1. The molecule has 0 heterocycles. The Hall–Kier alpha value is -1.18. The van der Waals surface area contributed by atoms with Gasteiger partial charge in [-0.2, -0.15) is 0 Å². The van der Waals surface area contributed by atoms with E-state index in [1.165, 1.54) is 11.1 Å². The van der Waals surface area contributed by atoms with E-state index in [1.54, 1.807) is 0 Å². The highest BCUT2D eigenvalue weighted by atomic mass is 35.5. The molecule has 0 aliphatic carbocycles. The fraction of sp³-hybridized carbons (Fsp3) is 0.250. The second kappa shape index (κ2) is 6.31. The Kier molecular flexibility index (Phi) is 4.73. The highest BCUT2D eigenvalue weighted by molar-refractivity contribution is 6.30. The van der Waals surface area contributed by atoms with Crippen LogP contribution in [0, 0.1) is 13.8 Å². The lowest BCUT2D eigenvalue weighted by Crippen LogP contribution is -1.99. The number of ether oxygens (including phenoxy) is 1. The van der Waals surface area contributed by atoms with Gasteiger partial charge in [-0.1, -0.05) is 40.9 Å². The van der Waals surface area contributed by atoms with E-state index in [4.69, 9.17) is 27.9 Å². The number of benzene rings is 2. The summed E-state index contributed by atoms with van der Waals surface area (Å²) < 4.78 is 5.84. The Labute approximate surface area is 124 Å². The molecule has 0 fully saturated rings. The molecule has 0 saturated carbocycles. The van der Waals surface area contributed by atoms with Gasteiger partial charge in [0.25, 0.3) is 0 Å². The maximum absolute atomic E-state index is 5.94. The van der Waals surface area contributed by atoms with E-state index in [0.29, 0.717) is 17.5 Å².